The largest absolute Gasteiger partial charge is 0.481 e. The standard InChI is InChI=1S/C14H24N2O5/c1-5-21-12(17)8-16(9(2)3)14(20)15-7-6-11(10(15)4)13(18)19/h9-11H,5-8H2,1-4H3,(H,18,19). The minimum atomic E-state index is -0.890. The van der Waals surface area contributed by atoms with Crippen LogP contribution in [0.2, 0.25) is 0 Å². The van der Waals surface area contributed by atoms with Gasteiger partial charge in [0.25, 0.3) is 0 Å². The summed E-state index contributed by atoms with van der Waals surface area (Å²) in [4.78, 5) is 38.2. The summed E-state index contributed by atoms with van der Waals surface area (Å²) in [5.74, 6) is -1.90. The smallest absolute Gasteiger partial charge is 0.325 e. The third kappa shape index (κ3) is 4.09. The maximum Gasteiger partial charge on any atom is 0.325 e. The molecule has 2 unspecified atom stereocenters. The van der Waals surface area contributed by atoms with Gasteiger partial charge in [0.1, 0.15) is 6.54 Å². The molecule has 1 aliphatic rings. The fraction of sp³-hybridized carbons (Fsp3) is 0.786. The molecular formula is C14H24N2O5. The molecule has 0 saturated carbocycles. The molecule has 2 amide bonds. The van der Waals surface area contributed by atoms with Gasteiger partial charge in [-0.25, -0.2) is 4.79 Å². The predicted octanol–water partition coefficient (Wildman–Crippen LogP) is 1.17. The Bertz CT molecular complexity index is 410. The van der Waals surface area contributed by atoms with Crippen LogP contribution in [0, 0.1) is 5.92 Å². The summed E-state index contributed by atoms with van der Waals surface area (Å²) >= 11 is 0. The molecule has 1 rings (SSSR count). The number of carbonyl (C=O) groups excluding carboxylic acids is 2. The number of likely N-dealkylation sites (tertiary alicyclic amines) is 1. The normalized spacial score (nSPS) is 21.5. The summed E-state index contributed by atoms with van der Waals surface area (Å²) in [6.45, 7) is 7.60. The van der Waals surface area contributed by atoms with Gasteiger partial charge in [-0.15, -0.1) is 0 Å². The first-order valence-corrected chi connectivity index (χ1v) is 7.25. The van der Waals surface area contributed by atoms with Crippen LogP contribution in [0.25, 0.3) is 0 Å². The molecule has 1 saturated heterocycles. The summed E-state index contributed by atoms with van der Waals surface area (Å²) in [6, 6.07) is -0.856. The van der Waals surface area contributed by atoms with Crippen LogP contribution in [-0.4, -0.2) is 64.7 Å². The lowest BCUT2D eigenvalue weighted by atomic mass is 10.0. The highest BCUT2D eigenvalue weighted by Gasteiger charge is 2.40. The minimum Gasteiger partial charge on any atom is -0.481 e. The first-order chi connectivity index (χ1) is 9.79. The maximum absolute atomic E-state index is 12.6. The number of carbonyl (C=O) groups is 3. The molecule has 0 aliphatic carbocycles. The minimum absolute atomic E-state index is 0.120. The lowest BCUT2D eigenvalue weighted by Gasteiger charge is -2.33. The van der Waals surface area contributed by atoms with E-state index in [9.17, 15) is 14.4 Å². The Morgan fingerprint density at radius 2 is 2.00 bits per heavy atom. The van der Waals surface area contributed by atoms with Crippen molar-refractivity contribution in [1.82, 2.24) is 9.80 Å². The van der Waals surface area contributed by atoms with Gasteiger partial charge in [0, 0.05) is 18.6 Å². The number of hydrogen-bond donors (Lipinski definition) is 1. The van der Waals surface area contributed by atoms with Crippen molar-refractivity contribution in [1.29, 1.82) is 0 Å². The first-order valence-electron chi connectivity index (χ1n) is 7.25. The van der Waals surface area contributed by atoms with E-state index >= 15 is 0 Å². The number of carboxylic acid groups (broad SMARTS) is 1. The SMILES string of the molecule is CCOC(=O)CN(C(=O)N1CCC(C(=O)O)C1C)C(C)C. The number of amides is 2. The predicted molar refractivity (Wildman–Crippen MR) is 75.8 cm³/mol. The second-order valence-electron chi connectivity index (χ2n) is 5.48. The third-order valence-electron chi connectivity index (χ3n) is 3.79. The van der Waals surface area contributed by atoms with Gasteiger partial charge in [-0.3, -0.25) is 9.59 Å². The van der Waals surface area contributed by atoms with E-state index in [4.69, 9.17) is 9.84 Å². The molecule has 1 N–H and O–H groups in total. The summed E-state index contributed by atoms with van der Waals surface area (Å²) in [7, 11) is 0. The summed E-state index contributed by atoms with van der Waals surface area (Å²) in [6.07, 6.45) is 0.438. The van der Waals surface area contributed by atoms with Gasteiger partial charge in [0.05, 0.1) is 12.5 Å². The van der Waals surface area contributed by atoms with Crippen molar-refractivity contribution in [3.05, 3.63) is 0 Å². The Morgan fingerprint density at radius 1 is 1.38 bits per heavy atom. The fourth-order valence-electron chi connectivity index (χ4n) is 2.52. The van der Waals surface area contributed by atoms with E-state index in [2.05, 4.69) is 0 Å². The van der Waals surface area contributed by atoms with Crippen molar-refractivity contribution < 1.29 is 24.2 Å². The lowest BCUT2D eigenvalue weighted by Crippen LogP contribution is -2.50. The Labute approximate surface area is 124 Å². The number of carboxylic acids is 1. The molecule has 0 aromatic rings. The van der Waals surface area contributed by atoms with E-state index in [1.165, 1.54) is 9.80 Å². The zero-order chi connectivity index (χ0) is 16.2. The number of esters is 1. The molecule has 0 bridgehead atoms. The molecule has 0 radical (unpaired) electrons. The van der Waals surface area contributed by atoms with Crippen LogP contribution in [0.15, 0.2) is 0 Å². The second kappa shape index (κ2) is 7.28. The molecule has 7 nitrogen and oxygen atoms in total. The Balaban J connectivity index is 2.78. The number of nitrogens with zero attached hydrogens (tertiary/aromatic N) is 2. The molecule has 21 heavy (non-hydrogen) atoms. The van der Waals surface area contributed by atoms with E-state index in [0.29, 0.717) is 13.0 Å². The van der Waals surface area contributed by atoms with Crippen molar-refractivity contribution in [3.8, 4) is 0 Å². The lowest BCUT2D eigenvalue weighted by molar-refractivity contribution is -0.145. The van der Waals surface area contributed by atoms with Crippen LogP contribution in [0.5, 0.6) is 0 Å². The summed E-state index contributed by atoms with van der Waals surface area (Å²) in [5, 5.41) is 9.12. The quantitative estimate of drug-likeness (QED) is 0.770. The molecule has 1 fully saturated rings. The van der Waals surface area contributed by atoms with E-state index < -0.39 is 17.9 Å². The molecule has 7 heteroatoms. The van der Waals surface area contributed by atoms with Crippen molar-refractivity contribution in [3.63, 3.8) is 0 Å². The van der Waals surface area contributed by atoms with Gasteiger partial charge >= 0.3 is 18.0 Å². The van der Waals surface area contributed by atoms with Gasteiger partial charge in [0.15, 0.2) is 0 Å². The van der Waals surface area contributed by atoms with E-state index in [1.807, 2.05) is 13.8 Å². The monoisotopic (exact) mass is 300 g/mol. The van der Waals surface area contributed by atoms with Crippen LogP contribution in [0.1, 0.15) is 34.1 Å². The topological polar surface area (TPSA) is 87.2 Å². The van der Waals surface area contributed by atoms with Gasteiger partial charge in [-0.2, -0.15) is 0 Å². The fourth-order valence-corrected chi connectivity index (χ4v) is 2.52. The van der Waals surface area contributed by atoms with E-state index in [0.717, 1.165) is 0 Å². The molecule has 1 heterocycles. The van der Waals surface area contributed by atoms with Crippen molar-refractivity contribution in [2.75, 3.05) is 19.7 Å². The molecule has 0 aromatic heterocycles. The third-order valence-corrected chi connectivity index (χ3v) is 3.79. The number of aliphatic carboxylic acids is 1. The number of ether oxygens (including phenoxy) is 1. The first kappa shape index (κ1) is 17.3. The van der Waals surface area contributed by atoms with Crippen molar-refractivity contribution in [2.24, 2.45) is 5.92 Å². The molecular weight excluding hydrogens is 276 g/mol. The molecule has 0 aromatic carbocycles. The zero-order valence-electron chi connectivity index (χ0n) is 13.0. The van der Waals surface area contributed by atoms with Gasteiger partial charge in [-0.05, 0) is 34.1 Å². The molecule has 0 spiro atoms. The highest BCUT2D eigenvalue weighted by molar-refractivity contribution is 5.82. The number of urea groups is 1. The molecule has 2 atom stereocenters. The summed E-state index contributed by atoms with van der Waals surface area (Å²) in [5.41, 5.74) is 0. The molecule has 1 aliphatic heterocycles. The van der Waals surface area contributed by atoms with Crippen molar-refractivity contribution >= 4 is 18.0 Å². The zero-order valence-corrected chi connectivity index (χ0v) is 13.0. The Hall–Kier alpha value is -1.79. The van der Waals surface area contributed by atoms with Crippen LogP contribution < -0.4 is 0 Å². The Kier molecular flexibility index (Phi) is 5.99. The van der Waals surface area contributed by atoms with Crippen molar-refractivity contribution in [2.45, 2.75) is 46.2 Å². The van der Waals surface area contributed by atoms with Crippen LogP contribution in [0.4, 0.5) is 4.79 Å². The highest BCUT2D eigenvalue weighted by atomic mass is 16.5. The number of hydrogen-bond acceptors (Lipinski definition) is 4. The average Bonchev–Trinajstić information content (AvgIpc) is 2.77. The maximum atomic E-state index is 12.6. The second-order valence-corrected chi connectivity index (χ2v) is 5.48. The van der Waals surface area contributed by atoms with Crippen LogP contribution in [-0.2, 0) is 14.3 Å². The van der Waals surface area contributed by atoms with Gasteiger partial charge in [-0.1, -0.05) is 0 Å². The van der Waals surface area contributed by atoms with Gasteiger partial charge < -0.3 is 19.6 Å². The molecule has 120 valence electrons. The summed E-state index contributed by atoms with van der Waals surface area (Å²) < 4.78 is 4.88. The van der Waals surface area contributed by atoms with Crippen LogP contribution in [0.3, 0.4) is 0 Å². The van der Waals surface area contributed by atoms with E-state index in [1.54, 1.807) is 13.8 Å². The Morgan fingerprint density at radius 3 is 2.43 bits per heavy atom. The number of rotatable bonds is 5. The van der Waals surface area contributed by atoms with Crippen LogP contribution >= 0.6 is 0 Å². The van der Waals surface area contributed by atoms with E-state index in [-0.39, 0.29) is 31.3 Å². The van der Waals surface area contributed by atoms with Gasteiger partial charge in [0.2, 0.25) is 0 Å². The average molecular weight is 300 g/mol. The highest BCUT2D eigenvalue weighted by Crippen LogP contribution is 2.26.